The summed E-state index contributed by atoms with van der Waals surface area (Å²) in [6.45, 7) is 2.10. The van der Waals surface area contributed by atoms with Crippen LogP contribution in [0.1, 0.15) is 6.92 Å². The van der Waals surface area contributed by atoms with Crippen LogP contribution in [0, 0.1) is 5.82 Å². The van der Waals surface area contributed by atoms with E-state index in [1.807, 2.05) is 0 Å². The highest BCUT2D eigenvalue weighted by atomic mass is 79.9. The fraction of sp³-hybridized carbons (Fsp3) is 0.154. The van der Waals surface area contributed by atoms with E-state index in [4.69, 9.17) is 0 Å². The number of imidazole rings is 1. The van der Waals surface area contributed by atoms with Gasteiger partial charge in [-0.25, -0.2) is 14.2 Å². The number of hydrogen-bond acceptors (Lipinski definition) is 3. The van der Waals surface area contributed by atoms with Crippen LogP contribution in [0.2, 0.25) is 0 Å². The highest BCUT2D eigenvalue weighted by molar-refractivity contribution is 9.10. The van der Waals surface area contributed by atoms with Gasteiger partial charge in [0.2, 0.25) is 0 Å². The molecule has 0 atom stereocenters. The summed E-state index contributed by atoms with van der Waals surface area (Å²) in [4.78, 5) is 32.8. The van der Waals surface area contributed by atoms with Gasteiger partial charge in [-0.15, -0.1) is 0 Å². The molecule has 0 spiro atoms. The van der Waals surface area contributed by atoms with Crippen molar-refractivity contribution in [1.29, 1.82) is 0 Å². The van der Waals surface area contributed by atoms with Crippen molar-refractivity contribution in [1.82, 2.24) is 19.5 Å². The van der Waals surface area contributed by atoms with Crippen molar-refractivity contribution < 1.29 is 4.39 Å². The first kappa shape index (κ1) is 13.7. The van der Waals surface area contributed by atoms with Gasteiger partial charge < -0.3 is 4.98 Å². The molecule has 3 aromatic rings. The SMILES string of the molecule is CCn1c(=O)[nH]c(=O)c2[nH]c(-c3c(F)cccc3Br)nc21. The topological polar surface area (TPSA) is 83.5 Å². The van der Waals surface area contributed by atoms with Gasteiger partial charge in [0, 0.05) is 11.0 Å². The average Bonchev–Trinajstić information content (AvgIpc) is 2.84. The van der Waals surface area contributed by atoms with E-state index in [-0.39, 0.29) is 22.6 Å². The summed E-state index contributed by atoms with van der Waals surface area (Å²) in [5, 5.41) is 0. The van der Waals surface area contributed by atoms with E-state index < -0.39 is 17.1 Å². The van der Waals surface area contributed by atoms with Gasteiger partial charge in [0.15, 0.2) is 5.65 Å². The molecule has 8 heteroatoms. The van der Waals surface area contributed by atoms with Crippen molar-refractivity contribution in [3.63, 3.8) is 0 Å². The maximum absolute atomic E-state index is 14.0. The molecule has 2 aromatic heterocycles. The summed E-state index contributed by atoms with van der Waals surface area (Å²) in [7, 11) is 0. The summed E-state index contributed by atoms with van der Waals surface area (Å²) in [6, 6.07) is 4.52. The van der Waals surface area contributed by atoms with E-state index in [1.165, 1.54) is 10.6 Å². The quantitative estimate of drug-likeness (QED) is 0.739. The molecule has 0 aliphatic heterocycles. The molecule has 21 heavy (non-hydrogen) atoms. The molecule has 2 N–H and O–H groups in total. The smallest absolute Gasteiger partial charge is 0.330 e. The van der Waals surface area contributed by atoms with Crippen LogP contribution in [-0.2, 0) is 6.54 Å². The number of aromatic nitrogens is 4. The van der Waals surface area contributed by atoms with Crippen LogP contribution < -0.4 is 11.2 Å². The lowest BCUT2D eigenvalue weighted by atomic mass is 10.2. The van der Waals surface area contributed by atoms with Crippen LogP contribution in [0.5, 0.6) is 0 Å². The van der Waals surface area contributed by atoms with Crippen LogP contribution in [0.3, 0.4) is 0 Å². The Bertz CT molecular complexity index is 937. The lowest BCUT2D eigenvalue weighted by Crippen LogP contribution is -2.29. The minimum atomic E-state index is -0.578. The van der Waals surface area contributed by atoms with Crippen LogP contribution in [-0.4, -0.2) is 19.5 Å². The first-order valence-electron chi connectivity index (χ1n) is 6.20. The number of hydrogen-bond donors (Lipinski definition) is 2. The number of rotatable bonds is 2. The molecule has 0 fully saturated rings. The predicted octanol–water partition coefficient (Wildman–Crippen LogP) is 2.00. The molecule has 0 unspecified atom stereocenters. The van der Waals surface area contributed by atoms with Crippen molar-refractivity contribution in [2.45, 2.75) is 13.5 Å². The molecule has 0 radical (unpaired) electrons. The fourth-order valence-electron chi connectivity index (χ4n) is 2.18. The Morgan fingerprint density at radius 1 is 1.33 bits per heavy atom. The summed E-state index contributed by atoms with van der Waals surface area (Å²) in [5.41, 5.74) is -0.562. The summed E-state index contributed by atoms with van der Waals surface area (Å²) < 4.78 is 15.8. The molecule has 6 nitrogen and oxygen atoms in total. The number of halogens is 2. The number of aromatic amines is 2. The molecule has 0 amide bonds. The lowest BCUT2D eigenvalue weighted by molar-refractivity contribution is 0.629. The number of fused-ring (bicyclic) bond motifs is 1. The van der Waals surface area contributed by atoms with Gasteiger partial charge in [-0.2, -0.15) is 0 Å². The summed E-state index contributed by atoms with van der Waals surface area (Å²) >= 11 is 3.26. The monoisotopic (exact) mass is 352 g/mol. The number of H-pyrrole nitrogens is 2. The third kappa shape index (κ3) is 2.11. The number of aryl methyl sites for hydroxylation is 1. The molecule has 2 heterocycles. The molecular weight excluding hydrogens is 343 g/mol. The van der Waals surface area contributed by atoms with E-state index in [0.717, 1.165) is 0 Å². The first-order chi connectivity index (χ1) is 10.0. The molecule has 0 saturated carbocycles. The van der Waals surface area contributed by atoms with E-state index in [0.29, 0.717) is 11.0 Å². The summed E-state index contributed by atoms with van der Waals surface area (Å²) in [6.07, 6.45) is 0. The molecule has 108 valence electrons. The third-order valence-corrected chi connectivity index (χ3v) is 3.81. The van der Waals surface area contributed by atoms with E-state index >= 15 is 0 Å². The summed E-state index contributed by atoms with van der Waals surface area (Å²) in [5.74, 6) is -0.293. The standard InChI is InChI=1S/C13H10BrFN4O2/c1-2-19-11-9(12(20)18-13(19)21)16-10(17-11)8-6(14)4-3-5-7(8)15/h3-5H,2H2,1H3,(H,16,17)(H,18,20,21). The zero-order valence-electron chi connectivity index (χ0n) is 10.9. The van der Waals surface area contributed by atoms with Gasteiger partial charge in [-0.3, -0.25) is 14.3 Å². The Hall–Kier alpha value is -2.22. The van der Waals surface area contributed by atoms with Gasteiger partial charge in [0.1, 0.15) is 17.2 Å². The maximum atomic E-state index is 14.0. The molecule has 0 aliphatic rings. The zero-order valence-corrected chi connectivity index (χ0v) is 12.5. The third-order valence-electron chi connectivity index (χ3n) is 3.15. The van der Waals surface area contributed by atoms with Crippen LogP contribution in [0.15, 0.2) is 32.3 Å². The fourth-order valence-corrected chi connectivity index (χ4v) is 2.71. The van der Waals surface area contributed by atoms with Crippen LogP contribution in [0.4, 0.5) is 4.39 Å². The second-order valence-electron chi connectivity index (χ2n) is 4.38. The van der Waals surface area contributed by atoms with Gasteiger partial charge in [0.25, 0.3) is 5.56 Å². The van der Waals surface area contributed by atoms with Crippen LogP contribution >= 0.6 is 15.9 Å². The highest BCUT2D eigenvalue weighted by Gasteiger charge is 2.17. The van der Waals surface area contributed by atoms with E-state index in [1.54, 1.807) is 19.1 Å². The van der Waals surface area contributed by atoms with E-state index in [9.17, 15) is 14.0 Å². The van der Waals surface area contributed by atoms with Gasteiger partial charge >= 0.3 is 5.69 Å². The molecule has 0 saturated heterocycles. The minimum absolute atomic E-state index is 0.140. The Kier molecular flexibility index (Phi) is 3.25. The maximum Gasteiger partial charge on any atom is 0.330 e. The Labute approximate surface area is 125 Å². The number of benzene rings is 1. The molecular formula is C13H10BrFN4O2. The van der Waals surface area contributed by atoms with Crippen molar-refractivity contribution >= 4 is 27.1 Å². The van der Waals surface area contributed by atoms with Crippen LogP contribution in [0.25, 0.3) is 22.6 Å². The van der Waals surface area contributed by atoms with Gasteiger partial charge in [-0.1, -0.05) is 6.07 Å². The van der Waals surface area contributed by atoms with Gasteiger partial charge in [-0.05, 0) is 35.0 Å². The normalized spacial score (nSPS) is 11.2. The molecule has 0 bridgehead atoms. The number of nitrogens with zero attached hydrogens (tertiary/aromatic N) is 2. The van der Waals surface area contributed by atoms with Crippen molar-refractivity contribution in [2.75, 3.05) is 0 Å². The van der Waals surface area contributed by atoms with Crippen molar-refractivity contribution in [3.05, 3.63) is 49.3 Å². The zero-order chi connectivity index (χ0) is 15.1. The number of nitrogens with one attached hydrogen (secondary N) is 2. The first-order valence-corrected chi connectivity index (χ1v) is 6.99. The lowest BCUT2D eigenvalue weighted by Gasteiger charge is -2.01. The largest absolute Gasteiger partial charge is 0.332 e. The van der Waals surface area contributed by atoms with Crippen molar-refractivity contribution in [2.24, 2.45) is 0 Å². The second kappa shape index (κ2) is 4.96. The van der Waals surface area contributed by atoms with Crippen molar-refractivity contribution in [3.8, 4) is 11.4 Å². The molecule has 3 rings (SSSR count). The Balaban J connectivity index is 2.40. The van der Waals surface area contributed by atoms with E-state index in [2.05, 4.69) is 30.9 Å². The van der Waals surface area contributed by atoms with Gasteiger partial charge in [0.05, 0.1) is 5.56 Å². The predicted molar refractivity (Wildman–Crippen MR) is 79.7 cm³/mol. The highest BCUT2D eigenvalue weighted by Crippen LogP contribution is 2.29. The Morgan fingerprint density at radius 3 is 2.76 bits per heavy atom. The second-order valence-corrected chi connectivity index (χ2v) is 5.24. The molecule has 1 aromatic carbocycles. The minimum Gasteiger partial charge on any atom is -0.332 e. The molecule has 0 aliphatic carbocycles. The average molecular weight is 353 g/mol. The Morgan fingerprint density at radius 2 is 2.10 bits per heavy atom.